The van der Waals surface area contributed by atoms with Crippen LogP contribution in [0.2, 0.25) is 0 Å². The topological polar surface area (TPSA) is 55.6 Å². The Labute approximate surface area is 152 Å². The molecule has 0 unspecified atom stereocenters. The Morgan fingerprint density at radius 1 is 0.846 bits per heavy atom. The largest absolute Gasteiger partial charge is 0.379 e. The van der Waals surface area contributed by atoms with E-state index in [1.807, 2.05) is 71.5 Å². The standard InChI is InChI=1S/C21H19N5/c1-3-9-18(10-4-1)21-20(15-23-19-11-5-2-6-12-19)24-25-26(21)16-17-8-7-13-22-14-17/h1-14,23H,15-16H2. The molecule has 0 aliphatic heterocycles. The number of nitrogens with zero attached hydrogens (tertiary/aromatic N) is 4. The zero-order valence-corrected chi connectivity index (χ0v) is 14.3. The fourth-order valence-electron chi connectivity index (χ4n) is 2.90. The van der Waals surface area contributed by atoms with Crippen LogP contribution in [0.15, 0.2) is 85.2 Å². The molecule has 2 heterocycles. The Bertz CT molecular complexity index is 950. The van der Waals surface area contributed by atoms with E-state index in [0.717, 1.165) is 28.2 Å². The van der Waals surface area contributed by atoms with Gasteiger partial charge in [-0.25, -0.2) is 4.68 Å². The molecule has 5 heteroatoms. The molecule has 0 saturated heterocycles. The van der Waals surface area contributed by atoms with Crippen LogP contribution in [0.25, 0.3) is 11.3 Å². The Hall–Kier alpha value is -3.47. The first-order valence-electron chi connectivity index (χ1n) is 8.56. The quantitative estimate of drug-likeness (QED) is 0.576. The molecule has 0 amide bonds. The molecule has 0 bridgehead atoms. The molecule has 128 valence electrons. The maximum absolute atomic E-state index is 4.43. The molecular weight excluding hydrogens is 322 g/mol. The molecule has 4 rings (SSSR count). The van der Waals surface area contributed by atoms with Crippen LogP contribution in [0.5, 0.6) is 0 Å². The Kier molecular flexibility index (Phi) is 4.69. The third kappa shape index (κ3) is 3.62. The second-order valence-electron chi connectivity index (χ2n) is 5.99. The third-order valence-corrected chi connectivity index (χ3v) is 4.14. The Balaban J connectivity index is 1.65. The van der Waals surface area contributed by atoms with Crippen LogP contribution in [-0.2, 0) is 13.1 Å². The van der Waals surface area contributed by atoms with Gasteiger partial charge in [0.25, 0.3) is 0 Å². The van der Waals surface area contributed by atoms with E-state index in [1.165, 1.54) is 0 Å². The minimum absolute atomic E-state index is 0.612. The molecule has 1 N–H and O–H groups in total. The maximum Gasteiger partial charge on any atom is 0.110 e. The molecule has 26 heavy (non-hydrogen) atoms. The third-order valence-electron chi connectivity index (χ3n) is 4.14. The lowest BCUT2D eigenvalue weighted by Gasteiger charge is -2.10. The average Bonchev–Trinajstić information content (AvgIpc) is 3.11. The summed E-state index contributed by atoms with van der Waals surface area (Å²) in [5.41, 5.74) is 5.21. The number of pyridine rings is 1. The zero-order valence-electron chi connectivity index (χ0n) is 14.3. The van der Waals surface area contributed by atoms with Crippen LogP contribution in [-0.4, -0.2) is 20.0 Å². The SMILES string of the molecule is c1ccc(NCc2nnn(Cc3cccnc3)c2-c2ccccc2)cc1. The van der Waals surface area contributed by atoms with Crippen LogP contribution in [0, 0.1) is 0 Å². The molecular formula is C21H19N5. The van der Waals surface area contributed by atoms with Crippen molar-refractivity contribution < 1.29 is 0 Å². The monoisotopic (exact) mass is 341 g/mol. The van der Waals surface area contributed by atoms with Gasteiger partial charge >= 0.3 is 0 Å². The highest BCUT2D eigenvalue weighted by molar-refractivity contribution is 5.62. The molecule has 4 aromatic rings. The summed E-state index contributed by atoms with van der Waals surface area (Å²) in [5, 5.41) is 12.3. The van der Waals surface area contributed by atoms with Gasteiger partial charge in [-0.15, -0.1) is 5.10 Å². The van der Waals surface area contributed by atoms with Crippen LogP contribution in [0.3, 0.4) is 0 Å². The number of para-hydroxylation sites is 1. The lowest BCUT2D eigenvalue weighted by atomic mass is 10.1. The highest BCUT2D eigenvalue weighted by Gasteiger charge is 2.15. The average molecular weight is 341 g/mol. The van der Waals surface area contributed by atoms with E-state index in [4.69, 9.17) is 0 Å². The second-order valence-corrected chi connectivity index (χ2v) is 5.99. The Morgan fingerprint density at radius 2 is 1.62 bits per heavy atom. The molecule has 0 spiro atoms. The first-order valence-corrected chi connectivity index (χ1v) is 8.56. The molecule has 0 radical (unpaired) electrons. The van der Waals surface area contributed by atoms with Gasteiger partial charge in [-0.3, -0.25) is 4.98 Å². The number of rotatable bonds is 6. The van der Waals surface area contributed by atoms with E-state index >= 15 is 0 Å². The summed E-state index contributed by atoms with van der Waals surface area (Å²) in [4.78, 5) is 4.19. The predicted octanol–water partition coefficient (Wildman–Crippen LogP) is 4.00. The minimum Gasteiger partial charge on any atom is -0.379 e. The first-order chi connectivity index (χ1) is 12.9. The fraction of sp³-hybridized carbons (Fsp3) is 0.0952. The van der Waals surface area contributed by atoms with Gasteiger partial charge in [0.15, 0.2) is 0 Å². The summed E-state index contributed by atoms with van der Waals surface area (Å²) in [7, 11) is 0. The lowest BCUT2D eigenvalue weighted by molar-refractivity contribution is 0.653. The van der Waals surface area contributed by atoms with Crippen molar-refractivity contribution in [3.05, 3.63) is 96.4 Å². The van der Waals surface area contributed by atoms with Gasteiger partial charge in [-0.1, -0.05) is 59.8 Å². The van der Waals surface area contributed by atoms with Crippen molar-refractivity contribution in [2.45, 2.75) is 13.1 Å². The number of hydrogen-bond acceptors (Lipinski definition) is 4. The summed E-state index contributed by atoms with van der Waals surface area (Å²) in [6.07, 6.45) is 3.64. The van der Waals surface area contributed by atoms with Crippen LogP contribution >= 0.6 is 0 Å². The van der Waals surface area contributed by atoms with Crippen LogP contribution in [0.4, 0.5) is 5.69 Å². The highest BCUT2D eigenvalue weighted by Crippen LogP contribution is 2.23. The molecule has 0 saturated carbocycles. The van der Waals surface area contributed by atoms with E-state index in [9.17, 15) is 0 Å². The van der Waals surface area contributed by atoms with Crippen molar-refractivity contribution in [2.24, 2.45) is 0 Å². The molecule has 0 atom stereocenters. The number of nitrogens with one attached hydrogen (secondary N) is 1. The van der Waals surface area contributed by atoms with Crippen molar-refractivity contribution >= 4 is 5.69 Å². The van der Waals surface area contributed by atoms with E-state index in [0.29, 0.717) is 13.1 Å². The van der Waals surface area contributed by atoms with Gasteiger partial charge in [0.2, 0.25) is 0 Å². The summed E-state index contributed by atoms with van der Waals surface area (Å²) < 4.78 is 1.94. The second kappa shape index (κ2) is 7.61. The number of aromatic nitrogens is 4. The van der Waals surface area contributed by atoms with Gasteiger partial charge < -0.3 is 5.32 Å². The summed E-state index contributed by atoms with van der Waals surface area (Å²) >= 11 is 0. The van der Waals surface area contributed by atoms with Crippen LogP contribution in [0.1, 0.15) is 11.3 Å². The van der Waals surface area contributed by atoms with Crippen molar-refractivity contribution in [2.75, 3.05) is 5.32 Å². The normalized spacial score (nSPS) is 10.6. The number of anilines is 1. The van der Waals surface area contributed by atoms with Gasteiger partial charge in [-0.05, 0) is 23.8 Å². The van der Waals surface area contributed by atoms with Gasteiger partial charge in [0.05, 0.1) is 18.8 Å². The minimum atomic E-state index is 0.612. The molecule has 0 aliphatic rings. The van der Waals surface area contributed by atoms with E-state index < -0.39 is 0 Å². The molecule has 2 aromatic heterocycles. The number of benzene rings is 2. The van der Waals surface area contributed by atoms with Crippen molar-refractivity contribution in [1.29, 1.82) is 0 Å². The lowest BCUT2D eigenvalue weighted by Crippen LogP contribution is -2.06. The predicted molar refractivity (Wildman–Crippen MR) is 103 cm³/mol. The number of hydrogen-bond donors (Lipinski definition) is 1. The fourth-order valence-corrected chi connectivity index (χ4v) is 2.90. The van der Waals surface area contributed by atoms with Gasteiger partial charge in [0.1, 0.15) is 5.69 Å². The van der Waals surface area contributed by atoms with E-state index in [2.05, 4.69) is 32.7 Å². The summed E-state index contributed by atoms with van der Waals surface area (Å²) in [5.74, 6) is 0. The van der Waals surface area contributed by atoms with Crippen molar-refractivity contribution in [3.8, 4) is 11.3 Å². The molecule has 0 fully saturated rings. The summed E-state index contributed by atoms with van der Waals surface area (Å²) in [6, 6.07) is 24.4. The van der Waals surface area contributed by atoms with E-state index in [-0.39, 0.29) is 0 Å². The maximum atomic E-state index is 4.43. The van der Waals surface area contributed by atoms with Crippen molar-refractivity contribution in [3.63, 3.8) is 0 Å². The molecule has 2 aromatic carbocycles. The molecule has 0 aliphatic carbocycles. The molecule has 5 nitrogen and oxygen atoms in total. The zero-order chi connectivity index (χ0) is 17.6. The van der Waals surface area contributed by atoms with Crippen LogP contribution < -0.4 is 5.32 Å². The van der Waals surface area contributed by atoms with Crippen molar-refractivity contribution in [1.82, 2.24) is 20.0 Å². The van der Waals surface area contributed by atoms with E-state index in [1.54, 1.807) is 6.20 Å². The highest BCUT2D eigenvalue weighted by atomic mass is 15.4. The van der Waals surface area contributed by atoms with Gasteiger partial charge in [0, 0.05) is 23.6 Å². The van der Waals surface area contributed by atoms with Gasteiger partial charge in [-0.2, -0.15) is 0 Å². The first kappa shape index (κ1) is 16.0. The smallest absolute Gasteiger partial charge is 0.110 e. The summed E-state index contributed by atoms with van der Waals surface area (Å²) in [6.45, 7) is 1.25. The Morgan fingerprint density at radius 3 is 2.35 bits per heavy atom.